The van der Waals surface area contributed by atoms with Crippen LogP contribution in [-0.2, 0) is 9.53 Å². The van der Waals surface area contributed by atoms with Gasteiger partial charge in [-0.25, -0.2) is 0 Å². The molecule has 1 heterocycles. The first-order chi connectivity index (χ1) is 6.44. The van der Waals surface area contributed by atoms with Crippen LogP contribution in [0.2, 0.25) is 0 Å². The number of aliphatic hydroxyl groups is 1. The Morgan fingerprint density at radius 1 is 1.57 bits per heavy atom. The Balaban J connectivity index is 2.52. The summed E-state index contributed by atoms with van der Waals surface area (Å²) >= 11 is 0. The number of esters is 1. The Morgan fingerprint density at radius 2 is 2.21 bits per heavy atom. The summed E-state index contributed by atoms with van der Waals surface area (Å²) in [5.41, 5.74) is -0.444. The van der Waals surface area contributed by atoms with Crippen LogP contribution >= 0.6 is 0 Å². The zero-order chi connectivity index (χ0) is 10.8. The molecule has 0 amide bonds. The molecule has 1 N–H and O–H groups in total. The van der Waals surface area contributed by atoms with Gasteiger partial charge >= 0.3 is 5.97 Å². The molecular formula is C10H19NO3. The van der Waals surface area contributed by atoms with E-state index in [1.54, 1.807) is 4.90 Å². The van der Waals surface area contributed by atoms with Crippen molar-refractivity contribution >= 4 is 5.97 Å². The number of hydrogen-bond acceptors (Lipinski definition) is 4. The van der Waals surface area contributed by atoms with Gasteiger partial charge in [-0.3, -0.25) is 9.69 Å². The van der Waals surface area contributed by atoms with Crippen LogP contribution in [0.25, 0.3) is 0 Å². The Hall–Kier alpha value is -0.610. The molecular weight excluding hydrogens is 182 g/mol. The molecule has 1 fully saturated rings. The van der Waals surface area contributed by atoms with Crippen LogP contribution in [0, 0.1) is 0 Å². The van der Waals surface area contributed by atoms with Crippen molar-refractivity contribution in [3.8, 4) is 0 Å². The molecule has 82 valence electrons. The summed E-state index contributed by atoms with van der Waals surface area (Å²) < 4.78 is 5.26. The maximum atomic E-state index is 11.7. The molecule has 0 aromatic carbocycles. The van der Waals surface area contributed by atoms with E-state index >= 15 is 0 Å². The van der Waals surface area contributed by atoms with Crippen LogP contribution in [0.4, 0.5) is 0 Å². The average Bonchev–Trinajstić information content (AvgIpc) is 2.47. The maximum absolute atomic E-state index is 11.7. The summed E-state index contributed by atoms with van der Waals surface area (Å²) in [7, 11) is 0. The lowest BCUT2D eigenvalue weighted by atomic mass is 10.1. The van der Waals surface area contributed by atoms with Crippen molar-refractivity contribution in [2.24, 2.45) is 0 Å². The van der Waals surface area contributed by atoms with Gasteiger partial charge in [0, 0.05) is 6.54 Å². The second-order valence-electron chi connectivity index (χ2n) is 4.65. The van der Waals surface area contributed by atoms with Gasteiger partial charge < -0.3 is 9.84 Å². The molecule has 0 aromatic heterocycles. The molecule has 1 aliphatic rings. The minimum absolute atomic E-state index is 0.0656. The summed E-state index contributed by atoms with van der Waals surface area (Å²) in [4.78, 5) is 13.4. The van der Waals surface area contributed by atoms with E-state index in [0.717, 1.165) is 19.4 Å². The Bertz CT molecular complexity index is 210. The van der Waals surface area contributed by atoms with E-state index in [9.17, 15) is 4.79 Å². The summed E-state index contributed by atoms with van der Waals surface area (Å²) in [5, 5.41) is 9.00. The Morgan fingerprint density at radius 3 is 2.71 bits per heavy atom. The smallest absolute Gasteiger partial charge is 0.323 e. The van der Waals surface area contributed by atoms with Crippen molar-refractivity contribution in [1.82, 2.24) is 4.90 Å². The van der Waals surface area contributed by atoms with Gasteiger partial charge in [-0.15, -0.1) is 0 Å². The third-order valence-electron chi connectivity index (χ3n) is 2.22. The summed E-state index contributed by atoms with van der Waals surface area (Å²) in [6.07, 6.45) is 1.74. The predicted octanol–water partition coefficient (Wildman–Crippen LogP) is 0.742. The van der Waals surface area contributed by atoms with E-state index in [1.165, 1.54) is 0 Å². The second-order valence-corrected chi connectivity index (χ2v) is 4.65. The molecule has 0 radical (unpaired) electrons. The molecule has 14 heavy (non-hydrogen) atoms. The molecule has 0 aliphatic carbocycles. The third-order valence-corrected chi connectivity index (χ3v) is 2.22. The number of rotatable bonds is 2. The summed E-state index contributed by atoms with van der Waals surface area (Å²) in [6, 6.07) is -0.251. The van der Waals surface area contributed by atoms with Gasteiger partial charge in [0.25, 0.3) is 0 Å². The number of carbonyl (C=O) groups is 1. The maximum Gasteiger partial charge on any atom is 0.323 e. The van der Waals surface area contributed by atoms with E-state index in [1.807, 2.05) is 20.8 Å². The summed E-state index contributed by atoms with van der Waals surface area (Å²) in [6.45, 7) is 6.26. The largest absolute Gasteiger partial charge is 0.459 e. The molecule has 1 saturated heterocycles. The van der Waals surface area contributed by atoms with Crippen molar-refractivity contribution in [3.63, 3.8) is 0 Å². The Kier molecular flexibility index (Phi) is 3.50. The van der Waals surface area contributed by atoms with Gasteiger partial charge in [-0.05, 0) is 33.6 Å². The number of aliphatic hydroxyl groups excluding tert-OH is 1. The minimum atomic E-state index is -0.444. The lowest BCUT2D eigenvalue weighted by Gasteiger charge is -2.25. The molecule has 0 unspecified atom stereocenters. The molecule has 4 heteroatoms. The van der Waals surface area contributed by atoms with Crippen molar-refractivity contribution < 1.29 is 14.6 Å². The van der Waals surface area contributed by atoms with Crippen LogP contribution in [-0.4, -0.2) is 40.9 Å². The van der Waals surface area contributed by atoms with Crippen LogP contribution in [0.1, 0.15) is 33.6 Å². The molecule has 0 aromatic rings. The van der Waals surface area contributed by atoms with Gasteiger partial charge in [0.15, 0.2) is 0 Å². The Labute approximate surface area is 84.8 Å². The first kappa shape index (κ1) is 11.5. The van der Waals surface area contributed by atoms with Crippen LogP contribution in [0.5, 0.6) is 0 Å². The fraction of sp³-hybridized carbons (Fsp3) is 0.900. The van der Waals surface area contributed by atoms with Crippen LogP contribution < -0.4 is 0 Å². The van der Waals surface area contributed by atoms with Crippen molar-refractivity contribution in [3.05, 3.63) is 0 Å². The molecule has 0 bridgehead atoms. The highest BCUT2D eigenvalue weighted by atomic mass is 16.6. The zero-order valence-electron chi connectivity index (χ0n) is 9.12. The molecule has 1 aliphatic heterocycles. The topological polar surface area (TPSA) is 49.8 Å². The van der Waals surface area contributed by atoms with E-state index in [4.69, 9.17) is 9.84 Å². The van der Waals surface area contributed by atoms with E-state index in [2.05, 4.69) is 0 Å². The highest BCUT2D eigenvalue weighted by Gasteiger charge is 2.33. The number of carbonyl (C=O) groups excluding carboxylic acids is 1. The lowest BCUT2D eigenvalue weighted by Crippen LogP contribution is -2.40. The van der Waals surface area contributed by atoms with E-state index < -0.39 is 5.60 Å². The highest BCUT2D eigenvalue weighted by molar-refractivity contribution is 5.76. The fourth-order valence-electron chi connectivity index (χ4n) is 1.63. The molecule has 1 atom stereocenters. The van der Waals surface area contributed by atoms with Crippen LogP contribution in [0.15, 0.2) is 0 Å². The highest BCUT2D eigenvalue weighted by Crippen LogP contribution is 2.19. The second kappa shape index (κ2) is 4.28. The van der Waals surface area contributed by atoms with Crippen molar-refractivity contribution in [1.29, 1.82) is 0 Å². The number of ether oxygens (including phenoxy) is 1. The first-order valence-electron chi connectivity index (χ1n) is 5.02. The van der Waals surface area contributed by atoms with Gasteiger partial charge in [-0.1, -0.05) is 0 Å². The monoisotopic (exact) mass is 201 g/mol. The van der Waals surface area contributed by atoms with Crippen molar-refractivity contribution in [2.45, 2.75) is 45.3 Å². The van der Waals surface area contributed by atoms with Crippen molar-refractivity contribution in [2.75, 3.05) is 13.3 Å². The van der Waals surface area contributed by atoms with E-state index in [-0.39, 0.29) is 18.7 Å². The first-order valence-corrected chi connectivity index (χ1v) is 5.02. The van der Waals surface area contributed by atoms with E-state index in [0.29, 0.717) is 0 Å². The number of nitrogens with zero attached hydrogens (tertiary/aromatic N) is 1. The zero-order valence-corrected chi connectivity index (χ0v) is 9.12. The predicted molar refractivity (Wildman–Crippen MR) is 52.7 cm³/mol. The average molecular weight is 201 g/mol. The van der Waals surface area contributed by atoms with Gasteiger partial charge in [0.05, 0.1) is 6.73 Å². The molecule has 1 rings (SSSR count). The van der Waals surface area contributed by atoms with Crippen LogP contribution in [0.3, 0.4) is 0 Å². The normalized spacial score (nSPS) is 23.9. The standard InChI is InChI=1S/C10H19NO3/c1-10(2,3)14-9(13)8-5-4-6-11(8)7-12/h8,12H,4-7H2,1-3H3/t8-/m0/s1. The third kappa shape index (κ3) is 2.96. The van der Waals surface area contributed by atoms with Gasteiger partial charge in [0.2, 0.25) is 0 Å². The molecule has 4 nitrogen and oxygen atoms in total. The summed E-state index contributed by atoms with van der Waals surface area (Å²) in [5.74, 6) is -0.218. The SMILES string of the molecule is CC(C)(C)OC(=O)[C@@H]1CCCN1CO. The lowest BCUT2D eigenvalue weighted by molar-refractivity contribution is -0.161. The molecule has 0 spiro atoms. The van der Waals surface area contributed by atoms with Gasteiger partial charge in [-0.2, -0.15) is 0 Å². The molecule has 0 saturated carbocycles. The van der Waals surface area contributed by atoms with Gasteiger partial charge in [0.1, 0.15) is 11.6 Å². The number of likely N-dealkylation sites (tertiary alicyclic amines) is 1. The minimum Gasteiger partial charge on any atom is -0.459 e. The fourth-order valence-corrected chi connectivity index (χ4v) is 1.63. The quantitative estimate of drug-likeness (QED) is 0.669. The number of hydrogen-bond donors (Lipinski definition) is 1.